The van der Waals surface area contributed by atoms with Gasteiger partial charge in [-0.2, -0.15) is 5.10 Å². The summed E-state index contributed by atoms with van der Waals surface area (Å²) in [6, 6.07) is 1.46. The highest BCUT2D eigenvalue weighted by Gasteiger charge is 2.16. The van der Waals surface area contributed by atoms with E-state index in [0.29, 0.717) is 0 Å². The van der Waals surface area contributed by atoms with E-state index < -0.39 is 0 Å². The third-order valence-electron chi connectivity index (χ3n) is 2.31. The second kappa shape index (κ2) is 3.60. The zero-order valence-corrected chi connectivity index (χ0v) is 8.55. The smallest absolute Gasteiger partial charge is 0.0879 e. The van der Waals surface area contributed by atoms with E-state index in [1.54, 1.807) is 0 Å². The molecule has 1 aromatic rings. The van der Waals surface area contributed by atoms with Gasteiger partial charge in [0.25, 0.3) is 0 Å². The molecule has 1 fully saturated rings. The van der Waals surface area contributed by atoms with E-state index in [1.165, 1.54) is 38.1 Å². The Morgan fingerprint density at radius 2 is 2.00 bits per heavy atom. The summed E-state index contributed by atoms with van der Waals surface area (Å²) < 4.78 is 3.09. The number of halogens is 1. The fraction of sp³-hybridized carbons (Fsp3) is 0.556. The molecule has 0 unspecified atom stereocenters. The summed E-state index contributed by atoms with van der Waals surface area (Å²) in [6.07, 6.45) is 10.4. The minimum absolute atomic E-state index is 1.07. The molecule has 65 valence electrons. The van der Waals surface area contributed by atoms with E-state index in [4.69, 9.17) is 0 Å². The Kier molecular flexibility index (Phi) is 2.49. The van der Waals surface area contributed by atoms with Gasteiger partial charge in [0.05, 0.1) is 16.7 Å². The van der Waals surface area contributed by atoms with Crippen LogP contribution in [0.1, 0.15) is 32.1 Å². The molecule has 1 saturated carbocycles. The number of hydrogen-bond acceptors (Lipinski definition) is 1. The molecule has 1 aromatic heterocycles. The Balaban J connectivity index is 2.08. The molecule has 0 atom stereocenters. The molecule has 0 spiro atoms. The highest BCUT2D eigenvalue weighted by Crippen LogP contribution is 2.27. The van der Waals surface area contributed by atoms with Gasteiger partial charge < -0.3 is 0 Å². The van der Waals surface area contributed by atoms with Crippen LogP contribution in [0.5, 0.6) is 0 Å². The van der Waals surface area contributed by atoms with Crippen molar-refractivity contribution in [3.05, 3.63) is 22.9 Å². The van der Waals surface area contributed by atoms with E-state index >= 15 is 0 Å². The fourth-order valence-corrected chi connectivity index (χ4v) is 1.95. The highest BCUT2D eigenvalue weighted by atomic mass is 79.9. The van der Waals surface area contributed by atoms with Crippen molar-refractivity contribution < 1.29 is 0 Å². The molecule has 1 aliphatic rings. The van der Waals surface area contributed by atoms with Crippen LogP contribution in [0.4, 0.5) is 0 Å². The summed E-state index contributed by atoms with van der Waals surface area (Å²) in [7, 11) is 0. The first-order valence-electron chi connectivity index (χ1n) is 4.41. The number of nitrogens with zero attached hydrogens (tertiary/aromatic N) is 2. The van der Waals surface area contributed by atoms with E-state index in [9.17, 15) is 0 Å². The lowest BCUT2D eigenvalue weighted by molar-refractivity contribution is 0.466. The Morgan fingerprint density at radius 3 is 2.58 bits per heavy atom. The van der Waals surface area contributed by atoms with E-state index in [1.807, 2.05) is 17.1 Å². The maximum atomic E-state index is 4.27. The zero-order chi connectivity index (χ0) is 8.39. The second-order valence-corrected chi connectivity index (χ2v) is 4.15. The molecular weight excluding hydrogens is 216 g/mol. The van der Waals surface area contributed by atoms with Crippen molar-refractivity contribution in [2.45, 2.75) is 32.1 Å². The van der Waals surface area contributed by atoms with Gasteiger partial charge in [0.2, 0.25) is 0 Å². The summed E-state index contributed by atoms with van der Waals surface area (Å²) in [5, 5.41) is 4.27. The van der Waals surface area contributed by atoms with Gasteiger partial charge in [0.15, 0.2) is 0 Å². The van der Waals surface area contributed by atoms with E-state index in [-0.39, 0.29) is 0 Å². The van der Waals surface area contributed by atoms with Crippen molar-refractivity contribution in [3.8, 4) is 0 Å². The summed E-state index contributed by atoms with van der Waals surface area (Å²) in [5.74, 6) is 0. The molecular formula is C9H12BrN2. The van der Waals surface area contributed by atoms with Crippen molar-refractivity contribution >= 4 is 15.9 Å². The van der Waals surface area contributed by atoms with Crippen LogP contribution in [0.2, 0.25) is 0 Å². The molecule has 2 rings (SSSR count). The quantitative estimate of drug-likeness (QED) is 0.722. The number of rotatable bonds is 1. The first-order chi connectivity index (χ1) is 5.86. The molecule has 1 aliphatic carbocycles. The highest BCUT2D eigenvalue weighted by molar-refractivity contribution is 9.10. The molecule has 0 amide bonds. The van der Waals surface area contributed by atoms with Crippen molar-refractivity contribution in [1.29, 1.82) is 0 Å². The van der Waals surface area contributed by atoms with Crippen LogP contribution < -0.4 is 0 Å². The molecule has 2 nitrogen and oxygen atoms in total. The monoisotopic (exact) mass is 227 g/mol. The molecule has 3 heteroatoms. The van der Waals surface area contributed by atoms with Crippen molar-refractivity contribution in [2.24, 2.45) is 0 Å². The predicted octanol–water partition coefficient (Wildman–Crippen LogP) is 2.99. The Morgan fingerprint density at radius 1 is 1.25 bits per heavy atom. The average Bonchev–Trinajstić information content (AvgIpc) is 2.54. The minimum atomic E-state index is 1.07. The maximum absolute atomic E-state index is 4.27. The lowest BCUT2D eigenvalue weighted by atomic mass is 9.96. The lowest BCUT2D eigenvalue weighted by Crippen LogP contribution is -2.13. The van der Waals surface area contributed by atoms with Crippen molar-refractivity contribution in [3.63, 3.8) is 0 Å². The van der Waals surface area contributed by atoms with Gasteiger partial charge in [0, 0.05) is 6.20 Å². The Labute approximate surface area is 81.1 Å². The Bertz CT molecular complexity index is 251. The number of hydrogen-bond donors (Lipinski definition) is 0. The molecule has 0 bridgehead atoms. The summed E-state index contributed by atoms with van der Waals surface area (Å²) >= 11 is 3.40. The summed E-state index contributed by atoms with van der Waals surface area (Å²) in [6.45, 7) is 0. The fourth-order valence-electron chi connectivity index (χ4n) is 1.66. The van der Waals surface area contributed by atoms with Crippen LogP contribution in [-0.2, 0) is 0 Å². The normalized spacial score (nSPS) is 19.8. The first kappa shape index (κ1) is 8.30. The first-order valence-corrected chi connectivity index (χ1v) is 5.21. The summed E-state index contributed by atoms with van der Waals surface area (Å²) in [5.41, 5.74) is 0. The summed E-state index contributed by atoms with van der Waals surface area (Å²) in [4.78, 5) is 0. The molecule has 12 heavy (non-hydrogen) atoms. The minimum Gasteiger partial charge on any atom is -0.263 e. The van der Waals surface area contributed by atoms with Crippen LogP contribution in [0.25, 0.3) is 0 Å². The molecule has 0 N–H and O–H groups in total. The molecule has 1 heterocycles. The molecule has 0 saturated heterocycles. The third-order valence-corrected chi connectivity index (χ3v) is 2.72. The van der Waals surface area contributed by atoms with Crippen LogP contribution in [0, 0.1) is 6.04 Å². The topological polar surface area (TPSA) is 17.8 Å². The molecule has 1 radical (unpaired) electrons. The standard InChI is InChI=1S/C9H12BrN2/c10-8-6-11-12(7-8)9-4-2-1-3-5-9/h6-7H,1-5H2. The van der Waals surface area contributed by atoms with Gasteiger partial charge in [-0.15, -0.1) is 0 Å². The van der Waals surface area contributed by atoms with Crippen LogP contribution in [0.3, 0.4) is 0 Å². The number of aromatic nitrogens is 2. The van der Waals surface area contributed by atoms with Crippen LogP contribution in [0.15, 0.2) is 16.9 Å². The van der Waals surface area contributed by atoms with Gasteiger partial charge >= 0.3 is 0 Å². The Hall–Kier alpha value is -0.310. The predicted molar refractivity (Wildman–Crippen MR) is 51.7 cm³/mol. The molecule has 0 aliphatic heterocycles. The van der Waals surface area contributed by atoms with Crippen LogP contribution >= 0.6 is 15.9 Å². The molecule has 0 aromatic carbocycles. The van der Waals surface area contributed by atoms with Gasteiger partial charge in [-0.25, -0.2) is 0 Å². The van der Waals surface area contributed by atoms with Gasteiger partial charge in [-0.1, -0.05) is 19.3 Å². The largest absolute Gasteiger partial charge is 0.263 e. The van der Waals surface area contributed by atoms with Gasteiger partial charge in [0.1, 0.15) is 0 Å². The maximum Gasteiger partial charge on any atom is 0.0879 e. The van der Waals surface area contributed by atoms with Crippen molar-refractivity contribution in [1.82, 2.24) is 9.78 Å². The van der Waals surface area contributed by atoms with E-state index in [0.717, 1.165) is 4.47 Å². The SMILES string of the molecule is Brc1cnn([C]2CCCCC2)c1. The zero-order valence-electron chi connectivity index (χ0n) is 6.96. The van der Waals surface area contributed by atoms with E-state index in [2.05, 4.69) is 21.0 Å². The lowest BCUT2D eigenvalue weighted by Gasteiger charge is -2.20. The van der Waals surface area contributed by atoms with Gasteiger partial charge in [-0.3, -0.25) is 4.68 Å². The van der Waals surface area contributed by atoms with Crippen LogP contribution in [-0.4, -0.2) is 9.78 Å². The second-order valence-electron chi connectivity index (χ2n) is 3.23. The third kappa shape index (κ3) is 1.71. The van der Waals surface area contributed by atoms with Crippen molar-refractivity contribution in [2.75, 3.05) is 0 Å². The van der Waals surface area contributed by atoms with Gasteiger partial charge in [-0.05, 0) is 28.8 Å². The average molecular weight is 228 g/mol.